The molecule has 2 aromatic rings. The summed E-state index contributed by atoms with van der Waals surface area (Å²) in [6.45, 7) is 2.62. The number of rotatable bonds is 5. The molecule has 108 valence electrons. The first-order chi connectivity index (χ1) is 10.1. The van der Waals surface area contributed by atoms with Crippen LogP contribution in [0.15, 0.2) is 47.5 Å². The van der Waals surface area contributed by atoms with Crippen LogP contribution in [0.2, 0.25) is 0 Å². The van der Waals surface area contributed by atoms with Crippen LogP contribution in [0, 0.1) is 11.3 Å². The van der Waals surface area contributed by atoms with Gasteiger partial charge in [-0.1, -0.05) is 12.1 Å². The van der Waals surface area contributed by atoms with Crippen LogP contribution < -0.4 is 10.0 Å². The van der Waals surface area contributed by atoms with Gasteiger partial charge in [-0.05, 0) is 31.2 Å². The number of aromatic nitrogens is 1. The third-order valence-electron chi connectivity index (χ3n) is 2.70. The molecule has 0 amide bonds. The number of anilines is 2. The van der Waals surface area contributed by atoms with E-state index in [2.05, 4.69) is 15.0 Å². The Morgan fingerprint density at radius 2 is 2.00 bits per heavy atom. The summed E-state index contributed by atoms with van der Waals surface area (Å²) in [6.07, 6.45) is 1.27. The number of pyridine rings is 1. The van der Waals surface area contributed by atoms with Crippen LogP contribution in [-0.2, 0) is 10.0 Å². The number of benzene rings is 1. The highest BCUT2D eigenvalue weighted by Gasteiger charge is 2.16. The van der Waals surface area contributed by atoms with E-state index in [9.17, 15) is 8.42 Å². The molecule has 0 fully saturated rings. The summed E-state index contributed by atoms with van der Waals surface area (Å²) in [6, 6.07) is 11.4. The van der Waals surface area contributed by atoms with Crippen molar-refractivity contribution in [1.29, 1.82) is 5.26 Å². The zero-order valence-electron chi connectivity index (χ0n) is 11.4. The Hall–Kier alpha value is -2.59. The molecule has 0 saturated carbocycles. The molecule has 2 rings (SSSR count). The van der Waals surface area contributed by atoms with Crippen LogP contribution in [0.5, 0.6) is 0 Å². The van der Waals surface area contributed by atoms with Gasteiger partial charge in [-0.3, -0.25) is 4.72 Å². The van der Waals surface area contributed by atoms with Crippen molar-refractivity contribution < 1.29 is 8.42 Å². The number of nitrogens with one attached hydrogen (secondary N) is 2. The zero-order chi connectivity index (χ0) is 15.3. The van der Waals surface area contributed by atoms with Gasteiger partial charge in [0.15, 0.2) is 0 Å². The van der Waals surface area contributed by atoms with Gasteiger partial charge in [-0.25, -0.2) is 13.4 Å². The molecule has 1 aromatic carbocycles. The van der Waals surface area contributed by atoms with Gasteiger partial charge in [-0.15, -0.1) is 0 Å². The summed E-state index contributed by atoms with van der Waals surface area (Å²) < 4.78 is 26.9. The largest absolute Gasteiger partial charge is 0.370 e. The quantitative estimate of drug-likeness (QED) is 0.882. The Labute approximate surface area is 123 Å². The smallest absolute Gasteiger partial charge is 0.263 e. The molecule has 0 aliphatic rings. The van der Waals surface area contributed by atoms with Crippen molar-refractivity contribution in [3.8, 4) is 6.07 Å². The average molecular weight is 302 g/mol. The molecule has 0 radical (unpaired) electrons. The maximum atomic E-state index is 12.3. The summed E-state index contributed by atoms with van der Waals surface area (Å²) >= 11 is 0. The van der Waals surface area contributed by atoms with Gasteiger partial charge >= 0.3 is 0 Å². The fourth-order valence-corrected chi connectivity index (χ4v) is 2.72. The number of nitrogens with zero attached hydrogens (tertiary/aromatic N) is 2. The van der Waals surface area contributed by atoms with Crippen molar-refractivity contribution in [2.75, 3.05) is 16.6 Å². The highest BCUT2D eigenvalue weighted by Crippen LogP contribution is 2.19. The molecule has 1 heterocycles. The first-order valence-electron chi connectivity index (χ1n) is 6.28. The van der Waals surface area contributed by atoms with E-state index < -0.39 is 10.0 Å². The molecule has 21 heavy (non-hydrogen) atoms. The molecule has 0 aliphatic heterocycles. The lowest BCUT2D eigenvalue weighted by molar-refractivity contribution is 0.601. The molecule has 0 unspecified atom stereocenters. The minimum atomic E-state index is -3.77. The van der Waals surface area contributed by atoms with Gasteiger partial charge in [0.2, 0.25) is 0 Å². The Kier molecular flexibility index (Phi) is 4.40. The lowest BCUT2D eigenvalue weighted by atomic mass is 10.2. The minimum Gasteiger partial charge on any atom is -0.370 e. The molecule has 1 aromatic heterocycles. The van der Waals surface area contributed by atoms with Gasteiger partial charge in [0.05, 0.1) is 11.3 Å². The SMILES string of the molecule is CCNc1ccc(S(=O)(=O)Nc2ccccc2C#N)cn1. The van der Waals surface area contributed by atoms with E-state index in [1.807, 2.05) is 13.0 Å². The van der Waals surface area contributed by atoms with Crippen molar-refractivity contribution in [3.63, 3.8) is 0 Å². The van der Waals surface area contributed by atoms with Crippen LogP contribution in [0.4, 0.5) is 11.5 Å². The molecule has 0 atom stereocenters. The number of hydrogen-bond acceptors (Lipinski definition) is 5. The summed E-state index contributed by atoms with van der Waals surface area (Å²) in [5.41, 5.74) is 0.508. The zero-order valence-corrected chi connectivity index (χ0v) is 12.2. The van der Waals surface area contributed by atoms with Crippen molar-refractivity contribution in [2.45, 2.75) is 11.8 Å². The van der Waals surface area contributed by atoms with Crippen LogP contribution in [0.1, 0.15) is 12.5 Å². The Morgan fingerprint density at radius 3 is 2.62 bits per heavy atom. The van der Waals surface area contributed by atoms with Gasteiger partial charge < -0.3 is 5.32 Å². The maximum absolute atomic E-state index is 12.3. The van der Waals surface area contributed by atoms with E-state index in [4.69, 9.17) is 5.26 Å². The number of para-hydroxylation sites is 1. The van der Waals surface area contributed by atoms with Crippen molar-refractivity contribution >= 4 is 21.5 Å². The minimum absolute atomic E-state index is 0.0388. The van der Waals surface area contributed by atoms with Crippen molar-refractivity contribution in [1.82, 2.24) is 4.98 Å². The third-order valence-corrected chi connectivity index (χ3v) is 4.05. The summed E-state index contributed by atoms with van der Waals surface area (Å²) in [4.78, 5) is 4.06. The first kappa shape index (κ1) is 14.8. The molecular formula is C14H14N4O2S. The monoisotopic (exact) mass is 302 g/mol. The van der Waals surface area contributed by atoms with Crippen molar-refractivity contribution in [3.05, 3.63) is 48.2 Å². The second-order valence-corrected chi connectivity index (χ2v) is 5.85. The van der Waals surface area contributed by atoms with Gasteiger partial charge in [0, 0.05) is 12.7 Å². The Balaban J connectivity index is 2.28. The second-order valence-electron chi connectivity index (χ2n) is 4.17. The topological polar surface area (TPSA) is 94.9 Å². The molecule has 0 saturated heterocycles. The lowest BCUT2D eigenvalue weighted by Gasteiger charge is -2.09. The van der Waals surface area contributed by atoms with Gasteiger partial charge in [0.25, 0.3) is 10.0 Å². The molecule has 7 heteroatoms. The van der Waals surface area contributed by atoms with E-state index in [0.717, 1.165) is 0 Å². The molecule has 0 aliphatic carbocycles. The first-order valence-corrected chi connectivity index (χ1v) is 7.77. The van der Waals surface area contributed by atoms with Crippen molar-refractivity contribution in [2.24, 2.45) is 0 Å². The fraction of sp³-hybridized carbons (Fsp3) is 0.143. The van der Waals surface area contributed by atoms with Crippen LogP contribution in [0.3, 0.4) is 0 Å². The van der Waals surface area contributed by atoms with E-state index in [1.165, 1.54) is 18.3 Å². The third kappa shape index (κ3) is 3.49. The highest BCUT2D eigenvalue weighted by molar-refractivity contribution is 7.92. The van der Waals surface area contributed by atoms with Crippen LogP contribution >= 0.6 is 0 Å². The highest BCUT2D eigenvalue weighted by atomic mass is 32.2. The number of hydrogen-bond donors (Lipinski definition) is 2. The molecular weight excluding hydrogens is 288 g/mol. The second kappa shape index (κ2) is 6.24. The predicted molar refractivity (Wildman–Crippen MR) is 80.4 cm³/mol. The van der Waals surface area contributed by atoms with Crippen LogP contribution in [-0.4, -0.2) is 19.9 Å². The molecule has 6 nitrogen and oxygen atoms in total. The van der Waals surface area contributed by atoms with E-state index in [1.54, 1.807) is 24.3 Å². The Morgan fingerprint density at radius 1 is 1.24 bits per heavy atom. The lowest BCUT2D eigenvalue weighted by Crippen LogP contribution is -2.14. The average Bonchev–Trinajstić information content (AvgIpc) is 2.48. The predicted octanol–water partition coefficient (Wildman–Crippen LogP) is 2.19. The van der Waals surface area contributed by atoms with Gasteiger partial charge in [-0.2, -0.15) is 5.26 Å². The molecule has 2 N–H and O–H groups in total. The molecule has 0 spiro atoms. The Bertz CT molecular complexity index is 764. The normalized spacial score (nSPS) is 10.7. The number of sulfonamides is 1. The van der Waals surface area contributed by atoms with Crippen LogP contribution in [0.25, 0.3) is 0 Å². The fourth-order valence-electron chi connectivity index (χ4n) is 1.70. The standard InChI is InChI=1S/C14H14N4O2S/c1-2-16-14-8-7-12(10-17-14)21(19,20)18-13-6-4-3-5-11(13)9-15/h3-8,10,18H,2H2,1H3,(H,16,17). The number of nitriles is 1. The maximum Gasteiger partial charge on any atom is 0.263 e. The summed E-state index contributed by atoms with van der Waals surface area (Å²) in [5.74, 6) is 0.605. The summed E-state index contributed by atoms with van der Waals surface area (Å²) in [5, 5.41) is 12.0. The van der Waals surface area contributed by atoms with E-state index >= 15 is 0 Å². The van der Waals surface area contributed by atoms with E-state index in [-0.39, 0.29) is 16.1 Å². The summed E-state index contributed by atoms with van der Waals surface area (Å²) in [7, 11) is -3.77. The van der Waals surface area contributed by atoms with E-state index in [0.29, 0.717) is 12.4 Å². The van der Waals surface area contributed by atoms with Gasteiger partial charge in [0.1, 0.15) is 16.8 Å². The molecule has 0 bridgehead atoms.